The Bertz CT molecular complexity index is 1800. The number of halogens is 1. The molecule has 2 heterocycles. The summed E-state index contributed by atoms with van der Waals surface area (Å²) in [6.45, 7) is 8.22. The van der Waals surface area contributed by atoms with E-state index in [4.69, 9.17) is 25.8 Å². The second kappa shape index (κ2) is 19.7. The molecular weight excluding hydrogens is 784 g/mol. The van der Waals surface area contributed by atoms with Gasteiger partial charge in [0.25, 0.3) is 0 Å². The maximum atomic E-state index is 9.80. The molecule has 0 bridgehead atoms. The van der Waals surface area contributed by atoms with Crippen LogP contribution >= 0.6 is 11.6 Å². The maximum absolute atomic E-state index is 9.80. The second-order valence-corrected chi connectivity index (χ2v) is 22.2. The Morgan fingerprint density at radius 2 is 1.73 bits per heavy atom. The van der Waals surface area contributed by atoms with Crippen molar-refractivity contribution in [2.45, 2.75) is 79.5 Å². The smallest absolute Gasteiger partial charge is 0.493 e. The molecule has 10 heteroatoms. The number of β-amino-alcohol motifs (C(OH)–C–C–N with tert-alkyl or cyclic N) is 1. The summed E-state index contributed by atoms with van der Waals surface area (Å²) in [6.07, 6.45) is 6.21. The second-order valence-electron chi connectivity index (χ2n) is 13.5. The van der Waals surface area contributed by atoms with Gasteiger partial charge in [0.2, 0.25) is 0 Å². The van der Waals surface area contributed by atoms with E-state index in [0.717, 1.165) is 88.1 Å². The minimum absolute atomic E-state index is 0.169. The normalized spacial score (nSPS) is 14.7. The first kappa shape index (κ1) is 39.2. The summed E-state index contributed by atoms with van der Waals surface area (Å²) in [4.78, 5) is 6.50. The van der Waals surface area contributed by atoms with E-state index < -0.39 is 14.7 Å². The Morgan fingerprint density at radius 3 is 2.49 bits per heavy atom. The third-order valence-corrected chi connectivity index (χ3v) is 14.9. The van der Waals surface area contributed by atoms with Crippen molar-refractivity contribution >= 4 is 42.0 Å². The molecule has 1 fully saturated rings. The van der Waals surface area contributed by atoms with Gasteiger partial charge >= 0.3 is 237 Å². The number of aliphatic hydroxyl groups is 1. The number of hydrogen-bond acceptors (Lipinski definition) is 7. The topological polar surface area (TPSA) is 87.8 Å². The molecule has 1 aliphatic heterocycles. The van der Waals surface area contributed by atoms with Crippen LogP contribution in [-0.2, 0) is 18.4 Å². The van der Waals surface area contributed by atoms with E-state index in [-0.39, 0.29) is 21.9 Å². The summed E-state index contributed by atoms with van der Waals surface area (Å²) >= 11 is 6.12. The Hall–Kier alpha value is -2.97. The van der Waals surface area contributed by atoms with E-state index in [0.29, 0.717) is 36.2 Å². The third-order valence-electron chi connectivity index (χ3n) is 9.23. The molecule has 0 spiro atoms. The first-order valence-corrected chi connectivity index (χ1v) is 26.1. The number of ether oxygens (including phenoxy) is 3. The van der Waals surface area contributed by atoms with Crippen LogP contribution in [0.15, 0.2) is 67.0 Å². The minimum atomic E-state index is -0.587. The van der Waals surface area contributed by atoms with Crippen LogP contribution in [0.1, 0.15) is 52.6 Å². The summed E-state index contributed by atoms with van der Waals surface area (Å²) in [5.41, 5.74) is 12.9. The van der Waals surface area contributed by atoms with Gasteiger partial charge in [0.15, 0.2) is 0 Å². The van der Waals surface area contributed by atoms with Crippen molar-refractivity contribution in [2.24, 2.45) is 0 Å². The van der Waals surface area contributed by atoms with Crippen LogP contribution in [0.3, 0.4) is 0 Å². The number of rotatable bonds is 18. The van der Waals surface area contributed by atoms with Crippen molar-refractivity contribution in [3.63, 3.8) is 0 Å². The molecule has 0 radical (unpaired) electrons. The summed E-state index contributed by atoms with van der Waals surface area (Å²) in [5.74, 6) is 2.26. The van der Waals surface area contributed by atoms with Crippen molar-refractivity contribution in [1.82, 2.24) is 9.88 Å². The molecule has 0 amide bonds. The molecule has 4 aromatic rings. The molecular formula is C41H50As2ClN3O4. The van der Waals surface area contributed by atoms with Crippen LogP contribution in [0.4, 0.5) is 0 Å². The van der Waals surface area contributed by atoms with Crippen LogP contribution in [0, 0.1) is 25.2 Å². The molecule has 1 N–H and O–H groups in total. The number of nitrogens with zero attached hydrogens (tertiary/aromatic N) is 3. The summed E-state index contributed by atoms with van der Waals surface area (Å²) < 4.78 is 19.0. The van der Waals surface area contributed by atoms with Crippen LogP contribution in [0.25, 0.3) is 11.1 Å². The van der Waals surface area contributed by atoms with E-state index in [1.807, 2.05) is 24.3 Å². The van der Waals surface area contributed by atoms with Gasteiger partial charge in [-0.3, -0.25) is 0 Å². The summed E-state index contributed by atoms with van der Waals surface area (Å²) in [7, 11) is 0. The van der Waals surface area contributed by atoms with E-state index in [9.17, 15) is 10.4 Å². The fourth-order valence-corrected chi connectivity index (χ4v) is 12.0. The average Bonchev–Trinajstić information content (AvgIpc) is 3.54. The van der Waals surface area contributed by atoms with E-state index in [1.165, 1.54) is 16.8 Å². The molecule has 1 aromatic heterocycles. The molecule has 2 unspecified atom stereocenters. The average molecular weight is 834 g/mol. The molecule has 3 aromatic carbocycles. The molecule has 1 aliphatic rings. The number of hydrogen-bond donors (Lipinski definition) is 1. The van der Waals surface area contributed by atoms with Crippen LogP contribution in [0.5, 0.6) is 17.2 Å². The first-order valence-electron chi connectivity index (χ1n) is 17.7. The Balaban J connectivity index is 1.27. The summed E-state index contributed by atoms with van der Waals surface area (Å²) in [6, 6.07) is 20.5. The van der Waals surface area contributed by atoms with Gasteiger partial charge in [-0.15, -0.1) is 0 Å². The number of pyridine rings is 1. The number of aliphatic hydroxyl groups excluding tert-OH is 1. The van der Waals surface area contributed by atoms with E-state index in [2.05, 4.69) is 71.6 Å². The fraction of sp³-hybridized carbons (Fsp3) is 0.415. The zero-order chi connectivity index (χ0) is 36.2. The minimum Gasteiger partial charge on any atom is -0.493 e. The van der Waals surface area contributed by atoms with Gasteiger partial charge in [-0.05, 0) is 25.8 Å². The predicted molar refractivity (Wildman–Crippen MR) is 210 cm³/mol. The van der Waals surface area contributed by atoms with E-state index in [1.54, 1.807) is 12.4 Å². The van der Waals surface area contributed by atoms with E-state index >= 15 is 0 Å². The molecule has 0 saturated carbocycles. The number of nitriles is 1. The number of benzene rings is 3. The van der Waals surface area contributed by atoms with Crippen LogP contribution < -0.4 is 14.2 Å². The Morgan fingerprint density at radius 1 is 0.941 bits per heavy atom. The standard InChI is InChI=1S/C41H50As2ClN3O4/c1-29-33(9-5-10-36(29)37-11-6-12-39(30(37)2)49-18-8-16-47-17-13-35(48)26-47)28-51-41-21-40(50-27-32-19-31(23-45)24-46-25-32)34(20-38(41)44)22-42-14-7-15-43(3)4/h5-6,9-12,19-21,24-25,35,42,48H,7-8,13-18,22,26-28H2,1-4H3. The van der Waals surface area contributed by atoms with Crippen molar-refractivity contribution in [3.05, 3.63) is 105 Å². The zero-order valence-corrected chi connectivity index (χ0v) is 35.0. The SMILES string of the molecule is Cc1c(COc2cc(OCc3cncc(C#N)c3)c(C[AsH]CCC[As](C)C)cc2Cl)cccc1-c1cccc(OCCCN2CCC(O)C2)c1C. The van der Waals surface area contributed by atoms with Gasteiger partial charge < -0.3 is 14.7 Å². The molecule has 0 aliphatic carbocycles. The van der Waals surface area contributed by atoms with Gasteiger partial charge in [-0.25, -0.2) is 0 Å². The van der Waals surface area contributed by atoms with Crippen LogP contribution in [-0.4, -0.2) is 77.7 Å². The molecule has 2 atom stereocenters. The monoisotopic (exact) mass is 833 g/mol. The molecule has 5 rings (SSSR count). The van der Waals surface area contributed by atoms with Gasteiger partial charge in [0, 0.05) is 19.6 Å². The van der Waals surface area contributed by atoms with Crippen molar-refractivity contribution in [2.75, 3.05) is 26.2 Å². The quantitative estimate of drug-likeness (QED) is 0.0797. The van der Waals surface area contributed by atoms with Gasteiger partial charge in [-0.2, -0.15) is 0 Å². The van der Waals surface area contributed by atoms with Gasteiger partial charge in [-0.1, -0.05) is 6.07 Å². The first-order chi connectivity index (χ1) is 24.7. The fourth-order valence-electron chi connectivity index (χ4n) is 6.33. The molecule has 1 saturated heterocycles. The number of aromatic nitrogens is 1. The van der Waals surface area contributed by atoms with Crippen molar-refractivity contribution in [3.8, 4) is 34.4 Å². The molecule has 51 heavy (non-hydrogen) atoms. The number of likely N-dealkylation sites (tertiary alicyclic amines) is 1. The molecule has 7 nitrogen and oxygen atoms in total. The predicted octanol–water partition coefficient (Wildman–Crippen LogP) is 8.38. The van der Waals surface area contributed by atoms with Crippen LogP contribution in [0.2, 0.25) is 26.9 Å². The molecule has 270 valence electrons. The summed E-state index contributed by atoms with van der Waals surface area (Å²) in [5, 5.41) is 23.4. The Labute approximate surface area is 320 Å². The van der Waals surface area contributed by atoms with Gasteiger partial charge in [0.1, 0.15) is 5.75 Å². The van der Waals surface area contributed by atoms with Crippen molar-refractivity contribution < 1.29 is 19.3 Å². The Kier molecular flexibility index (Phi) is 15.2. The zero-order valence-electron chi connectivity index (χ0n) is 30.3. The van der Waals surface area contributed by atoms with Crippen molar-refractivity contribution in [1.29, 1.82) is 5.26 Å². The third kappa shape index (κ3) is 11.5. The van der Waals surface area contributed by atoms with Gasteiger partial charge in [0.05, 0.1) is 12.7 Å².